The highest BCUT2D eigenvalue weighted by Crippen LogP contribution is 2.21. The van der Waals surface area contributed by atoms with Crippen molar-refractivity contribution in [3.63, 3.8) is 0 Å². The van der Waals surface area contributed by atoms with E-state index in [0.29, 0.717) is 25.7 Å². The minimum absolute atomic E-state index is 0.533. The average Bonchev–Trinajstić information content (AvgIpc) is 2.75. The van der Waals surface area contributed by atoms with Gasteiger partial charge in [0.05, 0.1) is 26.4 Å². The summed E-state index contributed by atoms with van der Waals surface area (Å²) < 4.78 is 16.5. The molecule has 0 radical (unpaired) electrons. The van der Waals surface area contributed by atoms with Crippen LogP contribution in [0.15, 0.2) is 23.2 Å². The molecule has 2 rings (SSSR count). The molecule has 0 bridgehead atoms. The van der Waals surface area contributed by atoms with Crippen LogP contribution in [0.3, 0.4) is 0 Å². The molecule has 30 heavy (non-hydrogen) atoms. The number of nitrogens with one attached hydrogen (secondary N) is 2. The van der Waals surface area contributed by atoms with Gasteiger partial charge in [-0.1, -0.05) is 19.1 Å². The molecule has 1 heterocycles. The van der Waals surface area contributed by atoms with Gasteiger partial charge < -0.3 is 24.8 Å². The molecular weight excluding hydrogens is 380 g/mol. The lowest BCUT2D eigenvalue weighted by Gasteiger charge is -2.29. The third-order valence-electron chi connectivity index (χ3n) is 5.02. The average molecular weight is 421 g/mol. The number of nitrogens with zero attached hydrogens (tertiary/aromatic N) is 2. The molecule has 1 atom stereocenters. The van der Waals surface area contributed by atoms with Crippen molar-refractivity contribution in [3.8, 4) is 5.75 Å². The minimum Gasteiger partial charge on any atom is -0.493 e. The summed E-state index contributed by atoms with van der Waals surface area (Å²) >= 11 is 0. The molecule has 0 saturated carbocycles. The zero-order valence-electron chi connectivity index (χ0n) is 19.2. The van der Waals surface area contributed by atoms with Crippen molar-refractivity contribution in [1.82, 2.24) is 15.5 Å². The van der Waals surface area contributed by atoms with Gasteiger partial charge in [0.2, 0.25) is 0 Å². The predicted molar refractivity (Wildman–Crippen MR) is 122 cm³/mol. The second-order valence-corrected chi connectivity index (χ2v) is 7.90. The predicted octanol–water partition coefficient (Wildman–Crippen LogP) is 2.43. The van der Waals surface area contributed by atoms with Gasteiger partial charge in [-0.3, -0.25) is 4.90 Å². The standard InChI is InChI=1S/C23H40N4O3/c1-5-24-23(25-16-20(3)18-27-9-13-29-14-10-27)26-17-21-8-7-19(2)15-22(21)30-12-6-11-28-4/h7-8,15,20H,5-6,9-14,16-18H2,1-4H3,(H2,24,25,26). The van der Waals surface area contributed by atoms with Crippen LogP contribution in [0.25, 0.3) is 0 Å². The van der Waals surface area contributed by atoms with Crippen molar-refractivity contribution < 1.29 is 14.2 Å². The number of guanidine groups is 1. The number of benzene rings is 1. The normalized spacial score (nSPS) is 16.3. The zero-order chi connectivity index (χ0) is 21.6. The van der Waals surface area contributed by atoms with Gasteiger partial charge in [0.25, 0.3) is 0 Å². The van der Waals surface area contributed by atoms with Crippen molar-refractivity contribution in [2.75, 3.05) is 66.3 Å². The van der Waals surface area contributed by atoms with Gasteiger partial charge in [0.1, 0.15) is 5.75 Å². The van der Waals surface area contributed by atoms with Crippen LogP contribution in [-0.4, -0.2) is 77.1 Å². The second kappa shape index (κ2) is 14.2. The first-order valence-electron chi connectivity index (χ1n) is 11.2. The number of rotatable bonds is 12. The van der Waals surface area contributed by atoms with Crippen molar-refractivity contribution >= 4 is 5.96 Å². The summed E-state index contributed by atoms with van der Waals surface area (Å²) in [6.45, 7) is 14.9. The Balaban J connectivity index is 1.89. The number of aryl methyl sites for hydroxylation is 1. The molecule has 7 heteroatoms. The van der Waals surface area contributed by atoms with Crippen LogP contribution in [0.2, 0.25) is 0 Å². The lowest BCUT2D eigenvalue weighted by atomic mass is 10.1. The van der Waals surface area contributed by atoms with Crippen LogP contribution in [0.5, 0.6) is 5.75 Å². The smallest absolute Gasteiger partial charge is 0.191 e. The van der Waals surface area contributed by atoms with E-state index < -0.39 is 0 Å². The Bertz CT molecular complexity index is 633. The maximum Gasteiger partial charge on any atom is 0.191 e. The Morgan fingerprint density at radius 2 is 2.03 bits per heavy atom. The van der Waals surface area contributed by atoms with E-state index in [1.54, 1.807) is 7.11 Å². The molecule has 0 spiro atoms. The first-order valence-corrected chi connectivity index (χ1v) is 11.2. The van der Waals surface area contributed by atoms with Gasteiger partial charge in [0, 0.05) is 58.4 Å². The fraction of sp³-hybridized carbons (Fsp3) is 0.696. The van der Waals surface area contributed by atoms with Gasteiger partial charge in [-0.15, -0.1) is 0 Å². The number of morpholine rings is 1. The zero-order valence-corrected chi connectivity index (χ0v) is 19.2. The quantitative estimate of drug-likeness (QED) is 0.308. The molecule has 1 fully saturated rings. The van der Waals surface area contributed by atoms with Gasteiger partial charge in [0.15, 0.2) is 5.96 Å². The van der Waals surface area contributed by atoms with Crippen LogP contribution in [0.1, 0.15) is 31.4 Å². The third-order valence-corrected chi connectivity index (χ3v) is 5.02. The molecule has 1 unspecified atom stereocenters. The van der Waals surface area contributed by atoms with Gasteiger partial charge >= 0.3 is 0 Å². The fourth-order valence-corrected chi connectivity index (χ4v) is 3.38. The molecule has 1 aliphatic heterocycles. The SMILES string of the molecule is CCNC(=NCc1ccc(C)cc1OCCCOC)NCC(C)CN1CCOCC1. The van der Waals surface area contributed by atoms with E-state index in [4.69, 9.17) is 19.2 Å². The molecule has 1 aromatic carbocycles. The molecule has 1 saturated heterocycles. The van der Waals surface area contributed by atoms with Gasteiger partial charge in [-0.2, -0.15) is 0 Å². The Kier molecular flexibility index (Phi) is 11.6. The Morgan fingerprint density at radius 1 is 1.23 bits per heavy atom. The van der Waals surface area contributed by atoms with Crippen molar-refractivity contribution in [1.29, 1.82) is 0 Å². The third kappa shape index (κ3) is 9.32. The Labute approximate surface area is 182 Å². The van der Waals surface area contributed by atoms with E-state index in [1.165, 1.54) is 5.56 Å². The van der Waals surface area contributed by atoms with E-state index in [-0.39, 0.29) is 0 Å². The maximum atomic E-state index is 5.99. The van der Waals surface area contributed by atoms with E-state index in [1.807, 2.05) is 0 Å². The largest absolute Gasteiger partial charge is 0.493 e. The Morgan fingerprint density at radius 3 is 2.77 bits per heavy atom. The van der Waals surface area contributed by atoms with Crippen LogP contribution >= 0.6 is 0 Å². The fourth-order valence-electron chi connectivity index (χ4n) is 3.38. The first kappa shape index (κ1) is 24.4. The van der Waals surface area contributed by atoms with E-state index in [2.05, 4.69) is 54.5 Å². The minimum atomic E-state index is 0.533. The highest BCUT2D eigenvalue weighted by Gasteiger charge is 2.14. The first-order chi connectivity index (χ1) is 14.6. The summed E-state index contributed by atoms with van der Waals surface area (Å²) in [5.74, 6) is 2.29. The van der Waals surface area contributed by atoms with E-state index in [0.717, 1.165) is 69.6 Å². The summed E-state index contributed by atoms with van der Waals surface area (Å²) in [6.07, 6.45) is 0.873. The summed E-state index contributed by atoms with van der Waals surface area (Å²) in [6, 6.07) is 6.30. The summed E-state index contributed by atoms with van der Waals surface area (Å²) in [4.78, 5) is 7.26. The molecule has 1 aromatic rings. The monoisotopic (exact) mass is 420 g/mol. The summed E-state index contributed by atoms with van der Waals surface area (Å²) in [5.41, 5.74) is 2.28. The molecular formula is C23H40N4O3. The molecule has 2 N–H and O–H groups in total. The van der Waals surface area contributed by atoms with Crippen molar-refractivity contribution in [2.45, 2.75) is 33.7 Å². The molecule has 7 nitrogen and oxygen atoms in total. The number of hydrogen-bond acceptors (Lipinski definition) is 5. The van der Waals surface area contributed by atoms with Gasteiger partial charge in [-0.05, 0) is 31.4 Å². The summed E-state index contributed by atoms with van der Waals surface area (Å²) in [5, 5.41) is 6.85. The van der Waals surface area contributed by atoms with Gasteiger partial charge in [-0.25, -0.2) is 4.99 Å². The molecule has 0 amide bonds. The lowest BCUT2D eigenvalue weighted by molar-refractivity contribution is 0.0320. The number of aliphatic imine (C=N–C) groups is 1. The van der Waals surface area contributed by atoms with Crippen LogP contribution < -0.4 is 15.4 Å². The lowest BCUT2D eigenvalue weighted by Crippen LogP contribution is -2.44. The Hall–Kier alpha value is -1.83. The second-order valence-electron chi connectivity index (χ2n) is 7.90. The highest BCUT2D eigenvalue weighted by molar-refractivity contribution is 5.79. The molecule has 0 aromatic heterocycles. The molecule has 170 valence electrons. The van der Waals surface area contributed by atoms with E-state index >= 15 is 0 Å². The van der Waals surface area contributed by atoms with Crippen LogP contribution in [0.4, 0.5) is 0 Å². The molecule has 1 aliphatic rings. The van der Waals surface area contributed by atoms with Crippen LogP contribution in [0, 0.1) is 12.8 Å². The molecule has 0 aliphatic carbocycles. The van der Waals surface area contributed by atoms with E-state index in [9.17, 15) is 0 Å². The highest BCUT2D eigenvalue weighted by atomic mass is 16.5. The maximum absolute atomic E-state index is 5.99. The van der Waals surface area contributed by atoms with Crippen LogP contribution in [-0.2, 0) is 16.0 Å². The number of ether oxygens (including phenoxy) is 3. The topological polar surface area (TPSA) is 67.4 Å². The number of hydrogen-bond donors (Lipinski definition) is 2. The van der Waals surface area contributed by atoms with Crippen molar-refractivity contribution in [3.05, 3.63) is 29.3 Å². The number of methoxy groups -OCH3 is 1. The summed E-state index contributed by atoms with van der Waals surface area (Å²) in [7, 11) is 1.71. The van der Waals surface area contributed by atoms with Crippen molar-refractivity contribution in [2.24, 2.45) is 10.9 Å².